The predicted molar refractivity (Wildman–Crippen MR) is 61.3 cm³/mol. The summed E-state index contributed by atoms with van der Waals surface area (Å²) < 4.78 is 0.912. The highest BCUT2D eigenvalue weighted by atomic mass is 16.6. The molecule has 12 heteroatoms. The molecule has 0 amide bonds. The number of nitro groups is 3. The van der Waals surface area contributed by atoms with E-state index >= 15 is 0 Å². The zero-order chi connectivity index (χ0) is 14.9. The molecule has 0 aliphatic carbocycles. The molecule has 0 aliphatic rings. The van der Waals surface area contributed by atoms with Crippen molar-refractivity contribution in [1.29, 1.82) is 0 Å². The summed E-state index contributed by atoms with van der Waals surface area (Å²) in [7, 11) is 0. The van der Waals surface area contributed by atoms with E-state index in [0.29, 0.717) is 6.07 Å². The molecule has 102 valence electrons. The number of hydrogen-bond acceptors (Lipinski definition) is 8. The van der Waals surface area contributed by atoms with Crippen molar-refractivity contribution in [2.75, 3.05) is 0 Å². The van der Waals surface area contributed by atoms with Gasteiger partial charge >= 0.3 is 23.0 Å². The molecule has 0 atom stereocenters. The summed E-state index contributed by atoms with van der Waals surface area (Å²) in [6.07, 6.45) is 2.55. The topological polar surface area (TPSA) is 160 Å². The molecule has 0 unspecified atom stereocenters. The molecule has 0 saturated heterocycles. The van der Waals surface area contributed by atoms with Gasteiger partial charge in [0.15, 0.2) is 0 Å². The van der Waals surface area contributed by atoms with Gasteiger partial charge in [0.2, 0.25) is 0 Å². The maximum atomic E-state index is 10.9. The lowest BCUT2D eigenvalue weighted by molar-refractivity contribution is -0.427. The molecule has 0 aliphatic heterocycles. The van der Waals surface area contributed by atoms with E-state index in [4.69, 9.17) is 0 Å². The van der Waals surface area contributed by atoms with E-state index in [0.717, 1.165) is 4.68 Å². The highest BCUT2D eigenvalue weighted by molar-refractivity contribution is 5.60. The Kier molecular flexibility index (Phi) is 3.04. The third-order valence-electron chi connectivity index (χ3n) is 2.23. The highest BCUT2D eigenvalue weighted by Crippen LogP contribution is 2.32. The Balaban J connectivity index is 2.80. The number of rotatable bonds is 4. The molecule has 2 rings (SSSR count). The number of nitrogens with zero attached hydrogens (tertiary/aromatic N) is 6. The Bertz CT molecular complexity index is 710. The van der Waals surface area contributed by atoms with Crippen molar-refractivity contribution in [2.24, 2.45) is 0 Å². The van der Waals surface area contributed by atoms with E-state index in [1.54, 1.807) is 0 Å². The average molecular weight is 280 g/mol. The molecule has 0 N–H and O–H groups in total. The minimum absolute atomic E-state index is 0.475. The maximum Gasteiger partial charge on any atom is 0.445 e. The number of aromatic nitrogens is 3. The van der Waals surface area contributed by atoms with E-state index in [1.165, 1.54) is 18.5 Å². The second kappa shape index (κ2) is 4.68. The average Bonchev–Trinajstić information content (AvgIpc) is 2.90. The molecular formula is C8H4N6O6. The Morgan fingerprint density at radius 1 is 1.00 bits per heavy atom. The molecule has 0 radical (unpaired) electrons. The predicted octanol–water partition coefficient (Wildman–Crippen LogP) is 0.992. The lowest BCUT2D eigenvalue weighted by atomic mass is 10.3. The summed E-state index contributed by atoms with van der Waals surface area (Å²) in [6, 6.07) is 1.90. The van der Waals surface area contributed by atoms with Crippen molar-refractivity contribution >= 4 is 17.2 Å². The van der Waals surface area contributed by atoms with Gasteiger partial charge in [0, 0.05) is 12.4 Å². The molecule has 20 heavy (non-hydrogen) atoms. The van der Waals surface area contributed by atoms with Crippen LogP contribution in [0.1, 0.15) is 0 Å². The van der Waals surface area contributed by atoms with Gasteiger partial charge in [0.05, 0.1) is 9.85 Å². The van der Waals surface area contributed by atoms with Crippen molar-refractivity contribution in [3.8, 4) is 5.82 Å². The SMILES string of the molecule is O=[N+]([O-])c1cc([N+](=O)[O-])c([N+](=O)[O-])nc1-n1cccn1. The second-order valence-corrected chi connectivity index (χ2v) is 3.40. The van der Waals surface area contributed by atoms with Crippen molar-refractivity contribution in [3.05, 3.63) is 54.9 Å². The molecular weight excluding hydrogens is 276 g/mol. The van der Waals surface area contributed by atoms with Crippen LogP contribution in [0.3, 0.4) is 0 Å². The van der Waals surface area contributed by atoms with Gasteiger partial charge < -0.3 is 10.1 Å². The molecule has 2 aromatic rings. The van der Waals surface area contributed by atoms with Gasteiger partial charge in [-0.1, -0.05) is 0 Å². The lowest BCUT2D eigenvalue weighted by Crippen LogP contribution is -2.08. The molecule has 0 spiro atoms. The standard InChI is InChI=1S/C8H4N6O6/c15-12(16)5-4-6(13(17)18)8(14(19)20)10-7(5)11-3-1-2-9-11/h1-4H. The fourth-order valence-corrected chi connectivity index (χ4v) is 1.44. The third kappa shape index (κ3) is 2.12. The van der Waals surface area contributed by atoms with Crippen LogP contribution < -0.4 is 0 Å². The number of pyridine rings is 1. The Morgan fingerprint density at radius 3 is 2.10 bits per heavy atom. The van der Waals surface area contributed by atoms with Crippen molar-refractivity contribution in [3.63, 3.8) is 0 Å². The monoisotopic (exact) mass is 280 g/mol. The molecule has 2 heterocycles. The van der Waals surface area contributed by atoms with Gasteiger partial charge in [0.25, 0.3) is 0 Å². The fourth-order valence-electron chi connectivity index (χ4n) is 1.44. The van der Waals surface area contributed by atoms with Crippen LogP contribution in [0.5, 0.6) is 0 Å². The van der Waals surface area contributed by atoms with Crippen molar-refractivity contribution < 1.29 is 14.8 Å². The van der Waals surface area contributed by atoms with E-state index in [9.17, 15) is 30.3 Å². The van der Waals surface area contributed by atoms with Crippen LogP contribution >= 0.6 is 0 Å². The normalized spacial score (nSPS) is 10.2. The van der Waals surface area contributed by atoms with Crippen LogP contribution in [-0.2, 0) is 0 Å². The van der Waals surface area contributed by atoms with Gasteiger partial charge in [-0.25, -0.2) is 0 Å². The smallest absolute Gasteiger partial charge is 0.358 e. The molecule has 2 aromatic heterocycles. The van der Waals surface area contributed by atoms with Gasteiger partial charge in [0.1, 0.15) is 6.07 Å². The second-order valence-electron chi connectivity index (χ2n) is 3.40. The summed E-state index contributed by atoms with van der Waals surface area (Å²) >= 11 is 0. The van der Waals surface area contributed by atoms with Crippen LogP contribution in [0.15, 0.2) is 24.5 Å². The first kappa shape index (κ1) is 13.0. The fraction of sp³-hybridized carbons (Fsp3) is 0. The first-order valence-electron chi connectivity index (χ1n) is 4.90. The third-order valence-corrected chi connectivity index (χ3v) is 2.23. The zero-order valence-corrected chi connectivity index (χ0v) is 9.44. The van der Waals surface area contributed by atoms with Crippen LogP contribution in [0.25, 0.3) is 5.82 Å². The number of hydrogen-bond donors (Lipinski definition) is 0. The maximum absolute atomic E-state index is 10.9. The minimum Gasteiger partial charge on any atom is -0.358 e. The van der Waals surface area contributed by atoms with Gasteiger partial charge in [-0.3, -0.25) is 20.2 Å². The van der Waals surface area contributed by atoms with Crippen LogP contribution in [0, 0.1) is 30.3 Å². The quantitative estimate of drug-likeness (QED) is 0.591. The molecule has 12 nitrogen and oxygen atoms in total. The summed E-state index contributed by atoms with van der Waals surface area (Å²) in [5.74, 6) is -1.57. The molecule has 0 fully saturated rings. The lowest BCUT2D eigenvalue weighted by Gasteiger charge is -1.99. The first-order valence-corrected chi connectivity index (χ1v) is 4.90. The van der Waals surface area contributed by atoms with Crippen molar-refractivity contribution in [1.82, 2.24) is 14.8 Å². The summed E-state index contributed by atoms with van der Waals surface area (Å²) in [4.78, 5) is 32.6. The van der Waals surface area contributed by atoms with Crippen LogP contribution in [0.4, 0.5) is 17.2 Å². The Morgan fingerprint density at radius 2 is 1.65 bits per heavy atom. The molecule has 0 saturated carbocycles. The minimum atomic E-state index is -1.11. The van der Waals surface area contributed by atoms with E-state index in [1.807, 2.05) is 0 Å². The summed E-state index contributed by atoms with van der Waals surface area (Å²) in [5, 5.41) is 36.0. The van der Waals surface area contributed by atoms with Gasteiger partial charge in [-0.15, -0.1) is 0 Å². The van der Waals surface area contributed by atoms with Crippen LogP contribution in [-0.4, -0.2) is 29.5 Å². The van der Waals surface area contributed by atoms with Gasteiger partial charge in [-0.05, 0) is 16.0 Å². The van der Waals surface area contributed by atoms with Crippen LogP contribution in [0.2, 0.25) is 0 Å². The Labute approximate surface area is 108 Å². The molecule has 0 aromatic carbocycles. The van der Waals surface area contributed by atoms with Crippen molar-refractivity contribution in [2.45, 2.75) is 0 Å². The van der Waals surface area contributed by atoms with E-state index in [2.05, 4.69) is 10.1 Å². The highest BCUT2D eigenvalue weighted by Gasteiger charge is 2.36. The van der Waals surface area contributed by atoms with E-state index in [-0.39, 0.29) is 0 Å². The van der Waals surface area contributed by atoms with E-state index < -0.39 is 37.8 Å². The summed E-state index contributed by atoms with van der Waals surface area (Å²) in [6.45, 7) is 0. The first-order chi connectivity index (χ1) is 9.41. The largest absolute Gasteiger partial charge is 0.445 e. The molecule has 0 bridgehead atoms. The summed E-state index contributed by atoms with van der Waals surface area (Å²) in [5.41, 5.74) is -1.82. The zero-order valence-electron chi connectivity index (χ0n) is 9.44. The van der Waals surface area contributed by atoms with Gasteiger partial charge in [-0.2, -0.15) is 9.78 Å². The Hall–Kier alpha value is -3.44.